The molecular formula is C18H24FN3OS. The first-order valence-corrected chi connectivity index (χ1v) is 9.11. The van der Waals surface area contributed by atoms with Gasteiger partial charge in [0.15, 0.2) is 16.7 Å². The molecule has 0 amide bonds. The molecule has 0 saturated carbocycles. The van der Waals surface area contributed by atoms with E-state index in [1.165, 1.54) is 30.9 Å². The second kappa shape index (κ2) is 7.07. The van der Waals surface area contributed by atoms with Gasteiger partial charge in [-0.25, -0.2) is 9.37 Å². The molecule has 6 heteroatoms. The lowest BCUT2D eigenvalue weighted by atomic mass is 10.1. The fourth-order valence-electron chi connectivity index (χ4n) is 3.33. The van der Waals surface area contributed by atoms with Crippen molar-refractivity contribution in [1.29, 1.82) is 0 Å². The molecule has 130 valence electrons. The summed E-state index contributed by atoms with van der Waals surface area (Å²) in [5, 5.41) is 3.98. The van der Waals surface area contributed by atoms with Crippen molar-refractivity contribution in [3.05, 3.63) is 28.4 Å². The number of hydrogen-bond donors (Lipinski definition) is 1. The highest BCUT2D eigenvalue weighted by atomic mass is 32.1. The summed E-state index contributed by atoms with van der Waals surface area (Å²) in [6, 6.07) is 4.07. The fourth-order valence-corrected chi connectivity index (χ4v) is 4.29. The first-order chi connectivity index (χ1) is 11.5. The molecule has 2 heterocycles. The summed E-state index contributed by atoms with van der Waals surface area (Å²) in [6.45, 7) is 6.11. The van der Waals surface area contributed by atoms with Crippen LogP contribution < -0.4 is 10.1 Å². The van der Waals surface area contributed by atoms with Gasteiger partial charge in [0.05, 0.1) is 12.8 Å². The standard InChI is InChI=1S/C18H24FN3OS/c1-11-8-13(9-14(19)17(11)23-4)16-15(24-18(20-3)21-16)10-22-7-5-6-12(22)2/h8-9,12H,5-7,10H2,1-4H3,(H,20,21). The molecule has 0 aliphatic carbocycles. The fraction of sp³-hybridized carbons (Fsp3) is 0.500. The highest BCUT2D eigenvalue weighted by Gasteiger charge is 2.24. The van der Waals surface area contributed by atoms with Gasteiger partial charge in [0.2, 0.25) is 0 Å². The molecule has 0 bridgehead atoms. The van der Waals surface area contributed by atoms with E-state index in [9.17, 15) is 4.39 Å². The summed E-state index contributed by atoms with van der Waals surface area (Å²) in [6.07, 6.45) is 2.48. The molecule has 1 aromatic heterocycles. The predicted octanol–water partition coefficient (Wildman–Crippen LogP) is 4.29. The van der Waals surface area contributed by atoms with Gasteiger partial charge in [-0.05, 0) is 50.9 Å². The van der Waals surface area contributed by atoms with Crippen molar-refractivity contribution >= 4 is 16.5 Å². The molecular weight excluding hydrogens is 325 g/mol. The van der Waals surface area contributed by atoms with Gasteiger partial charge in [-0.2, -0.15) is 0 Å². The van der Waals surface area contributed by atoms with Crippen LogP contribution in [0.2, 0.25) is 0 Å². The minimum atomic E-state index is -0.341. The Balaban J connectivity index is 1.99. The zero-order valence-corrected chi connectivity index (χ0v) is 15.5. The number of hydrogen-bond acceptors (Lipinski definition) is 5. The summed E-state index contributed by atoms with van der Waals surface area (Å²) >= 11 is 1.65. The number of anilines is 1. The zero-order chi connectivity index (χ0) is 17.3. The van der Waals surface area contributed by atoms with E-state index in [2.05, 4.69) is 22.1 Å². The molecule has 2 aromatic rings. The molecule has 0 radical (unpaired) electrons. The third-order valence-electron chi connectivity index (χ3n) is 4.66. The van der Waals surface area contributed by atoms with E-state index < -0.39 is 0 Å². The van der Waals surface area contributed by atoms with Crippen LogP contribution in [-0.2, 0) is 6.54 Å². The third-order valence-corrected chi connectivity index (χ3v) is 5.71. The minimum Gasteiger partial charge on any atom is -0.493 e. The average Bonchev–Trinajstić information content (AvgIpc) is 3.14. The lowest BCUT2D eigenvalue weighted by Gasteiger charge is -2.20. The number of halogens is 1. The smallest absolute Gasteiger partial charge is 0.183 e. The third kappa shape index (κ3) is 3.26. The van der Waals surface area contributed by atoms with Crippen molar-refractivity contribution in [2.24, 2.45) is 0 Å². The van der Waals surface area contributed by atoms with Crippen LogP contribution in [0.3, 0.4) is 0 Å². The van der Waals surface area contributed by atoms with Crippen LogP contribution in [0, 0.1) is 12.7 Å². The van der Waals surface area contributed by atoms with Gasteiger partial charge in [0.1, 0.15) is 0 Å². The Bertz CT molecular complexity index is 708. The highest BCUT2D eigenvalue weighted by Crippen LogP contribution is 2.36. The molecule has 4 nitrogen and oxygen atoms in total. The first kappa shape index (κ1) is 17.2. The summed E-state index contributed by atoms with van der Waals surface area (Å²) < 4.78 is 19.4. The number of nitrogens with one attached hydrogen (secondary N) is 1. The quantitative estimate of drug-likeness (QED) is 0.874. The maximum atomic E-state index is 14.3. The van der Waals surface area contributed by atoms with Crippen LogP contribution in [0.25, 0.3) is 11.3 Å². The van der Waals surface area contributed by atoms with Crippen molar-refractivity contribution in [2.45, 2.75) is 39.3 Å². The average molecular weight is 349 g/mol. The number of aryl methyl sites for hydroxylation is 1. The molecule has 1 saturated heterocycles. The number of ether oxygens (including phenoxy) is 1. The summed E-state index contributed by atoms with van der Waals surface area (Å²) in [7, 11) is 3.36. The molecule has 0 spiro atoms. The molecule has 1 aliphatic heterocycles. The Kier molecular flexibility index (Phi) is 5.06. The van der Waals surface area contributed by atoms with Crippen LogP contribution in [0.1, 0.15) is 30.2 Å². The van der Waals surface area contributed by atoms with Crippen LogP contribution in [0.4, 0.5) is 9.52 Å². The predicted molar refractivity (Wildman–Crippen MR) is 97.4 cm³/mol. The van der Waals surface area contributed by atoms with Crippen molar-refractivity contribution in [1.82, 2.24) is 9.88 Å². The monoisotopic (exact) mass is 349 g/mol. The lowest BCUT2D eigenvalue weighted by molar-refractivity contribution is 0.263. The van der Waals surface area contributed by atoms with E-state index in [4.69, 9.17) is 4.74 Å². The number of aromatic nitrogens is 1. The van der Waals surface area contributed by atoms with Gasteiger partial charge in [-0.15, -0.1) is 11.3 Å². The molecule has 1 aliphatic rings. The Morgan fingerprint density at radius 3 is 2.83 bits per heavy atom. The number of likely N-dealkylation sites (tertiary alicyclic amines) is 1. The van der Waals surface area contributed by atoms with Gasteiger partial charge < -0.3 is 10.1 Å². The van der Waals surface area contributed by atoms with Crippen molar-refractivity contribution in [3.8, 4) is 17.0 Å². The van der Waals surface area contributed by atoms with E-state index in [0.29, 0.717) is 11.8 Å². The second-order valence-electron chi connectivity index (χ2n) is 6.31. The highest BCUT2D eigenvalue weighted by molar-refractivity contribution is 7.16. The van der Waals surface area contributed by atoms with Gasteiger partial charge in [-0.1, -0.05) is 0 Å². The SMILES string of the molecule is CNc1nc(-c2cc(C)c(OC)c(F)c2)c(CN2CCCC2C)s1. The topological polar surface area (TPSA) is 37.4 Å². The molecule has 1 aromatic carbocycles. The van der Waals surface area contributed by atoms with E-state index in [1.807, 2.05) is 20.0 Å². The van der Waals surface area contributed by atoms with Gasteiger partial charge in [0.25, 0.3) is 0 Å². The van der Waals surface area contributed by atoms with Crippen LogP contribution in [-0.4, -0.2) is 36.6 Å². The number of nitrogens with zero attached hydrogens (tertiary/aromatic N) is 2. The molecule has 1 fully saturated rings. The van der Waals surface area contributed by atoms with E-state index >= 15 is 0 Å². The lowest BCUT2D eigenvalue weighted by Crippen LogP contribution is -2.25. The van der Waals surface area contributed by atoms with Crippen molar-refractivity contribution in [3.63, 3.8) is 0 Å². The Morgan fingerprint density at radius 1 is 1.46 bits per heavy atom. The molecule has 1 unspecified atom stereocenters. The molecule has 1 N–H and O–H groups in total. The Hall–Kier alpha value is -1.66. The molecule has 3 rings (SSSR count). The first-order valence-electron chi connectivity index (χ1n) is 8.29. The van der Waals surface area contributed by atoms with Gasteiger partial charge in [0, 0.05) is 30.1 Å². The minimum absolute atomic E-state index is 0.303. The van der Waals surface area contributed by atoms with Gasteiger partial charge in [-0.3, -0.25) is 4.90 Å². The zero-order valence-electron chi connectivity index (χ0n) is 14.6. The maximum absolute atomic E-state index is 14.3. The normalized spacial score (nSPS) is 18.1. The second-order valence-corrected chi connectivity index (χ2v) is 7.39. The van der Waals surface area contributed by atoms with E-state index in [1.54, 1.807) is 11.3 Å². The largest absolute Gasteiger partial charge is 0.493 e. The van der Waals surface area contributed by atoms with E-state index in [-0.39, 0.29) is 5.82 Å². The number of rotatable bonds is 5. The number of benzene rings is 1. The van der Waals surface area contributed by atoms with Crippen LogP contribution >= 0.6 is 11.3 Å². The summed E-state index contributed by atoms with van der Waals surface area (Å²) in [5.41, 5.74) is 2.46. The molecule has 24 heavy (non-hydrogen) atoms. The van der Waals surface area contributed by atoms with Crippen LogP contribution in [0.15, 0.2) is 12.1 Å². The number of thiazole rings is 1. The van der Waals surface area contributed by atoms with Gasteiger partial charge >= 0.3 is 0 Å². The summed E-state index contributed by atoms with van der Waals surface area (Å²) in [4.78, 5) is 8.33. The van der Waals surface area contributed by atoms with Crippen molar-refractivity contribution < 1.29 is 9.13 Å². The Morgan fingerprint density at radius 2 is 2.25 bits per heavy atom. The number of methoxy groups -OCH3 is 1. The Labute approximate surface area is 146 Å². The molecule has 1 atom stereocenters. The summed E-state index contributed by atoms with van der Waals surface area (Å²) in [5.74, 6) is -0.0375. The maximum Gasteiger partial charge on any atom is 0.183 e. The van der Waals surface area contributed by atoms with Crippen molar-refractivity contribution in [2.75, 3.05) is 26.0 Å². The van der Waals surface area contributed by atoms with Crippen LogP contribution in [0.5, 0.6) is 5.75 Å². The van der Waals surface area contributed by atoms with E-state index in [0.717, 1.165) is 35.0 Å².